The summed E-state index contributed by atoms with van der Waals surface area (Å²) >= 11 is 0. The summed E-state index contributed by atoms with van der Waals surface area (Å²) in [6.07, 6.45) is 2.44. The van der Waals surface area contributed by atoms with Crippen LogP contribution >= 0.6 is 0 Å². The van der Waals surface area contributed by atoms with Crippen molar-refractivity contribution >= 4 is 0 Å². The van der Waals surface area contributed by atoms with Gasteiger partial charge < -0.3 is 4.74 Å². The van der Waals surface area contributed by atoms with Crippen LogP contribution in [-0.2, 0) is 0 Å². The Bertz CT molecular complexity index is 382. The first-order chi connectivity index (χ1) is 8.45. The number of benzene rings is 1. The van der Waals surface area contributed by atoms with Crippen LogP contribution in [0.25, 0.3) is 0 Å². The number of ether oxygens (including phenoxy) is 1. The van der Waals surface area contributed by atoms with Crippen molar-refractivity contribution in [2.24, 2.45) is 0 Å². The highest BCUT2D eigenvalue weighted by Gasteiger charge is 2.28. The summed E-state index contributed by atoms with van der Waals surface area (Å²) < 4.78 is 18.7. The molecule has 2 nitrogen and oxygen atoms in total. The van der Waals surface area contributed by atoms with E-state index in [1.807, 2.05) is 0 Å². The molecule has 2 rings (SSSR count). The summed E-state index contributed by atoms with van der Waals surface area (Å²) in [4.78, 5) is 2.45. The van der Waals surface area contributed by atoms with Gasteiger partial charge in [0.05, 0.1) is 0 Å². The molecule has 18 heavy (non-hydrogen) atoms. The zero-order chi connectivity index (χ0) is 13.2. The average Bonchev–Trinajstić information content (AvgIpc) is 2.31. The molecule has 0 aromatic heterocycles. The number of hydrogen-bond acceptors (Lipinski definition) is 2. The first-order valence-corrected chi connectivity index (χ1v) is 6.62. The van der Waals surface area contributed by atoms with Gasteiger partial charge in [0.25, 0.3) is 0 Å². The van der Waals surface area contributed by atoms with Crippen LogP contribution in [0.2, 0.25) is 0 Å². The van der Waals surface area contributed by atoms with Crippen molar-refractivity contribution in [3.8, 4) is 5.75 Å². The van der Waals surface area contributed by atoms with Crippen molar-refractivity contribution in [2.45, 2.75) is 45.3 Å². The van der Waals surface area contributed by atoms with Crippen molar-refractivity contribution in [2.75, 3.05) is 13.1 Å². The second kappa shape index (κ2) is 5.27. The Balaban J connectivity index is 1.95. The van der Waals surface area contributed by atoms with E-state index in [-0.39, 0.29) is 17.5 Å². The molecule has 0 radical (unpaired) electrons. The number of likely N-dealkylation sites (tertiary alicyclic amines) is 1. The number of nitrogens with zero attached hydrogens (tertiary/aromatic N) is 1. The normalized spacial score (nSPS) is 21.9. The van der Waals surface area contributed by atoms with Crippen molar-refractivity contribution in [1.29, 1.82) is 0 Å². The van der Waals surface area contributed by atoms with Crippen molar-refractivity contribution < 1.29 is 9.13 Å². The monoisotopic (exact) mass is 251 g/mol. The Morgan fingerprint density at radius 1 is 1.22 bits per heavy atom. The van der Waals surface area contributed by atoms with Gasteiger partial charge in [0.15, 0.2) is 0 Å². The second-order valence-electron chi connectivity index (χ2n) is 5.95. The van der Waals surface area contributed by atoms with Gasteiger partial charge in [0, 0.05) is 12.1 Å². The van der Waals surface area contributed by atoms with Gasteiger partial charge >= 0.3 is 0 Å². The number of hydrogen-bond donors (Lipinski definition) is 0. The minimum Gasteiger partial charge on any atom is -0.489 e. The molecule has 1 saturated heterocycles. The third kappa shape index (κ3) is 3.45. The van der Waals surface area contributed by atoms with E-state index >= 15 is 0 Å². The van der Waals surface area contributed by atoms with Crippen molar-refractivity contribution in [3.05, 3.63) is 30.1 Å². The molecule has 0 saturated carbocycles. The fraction of sp³-hybridized carbons (Fsp3) is 0.600. The molecule has 1 aromatic carbocycles. The fourth-order valence-electron chi connectivity index (χ4n) is 2.35. The van der Waals surface area contributed by atoms with Crippen LogP contribution < -0.4 is 4.74 Å². The Morgan fingerprint density at radius 3 is 2.50 bits per heavy atom. The Labute approximate surface area is 109 Å². The van der Waals surface area contributed by atoms with Gasteiger partial charge in [-0.1, -0.05) is 0 Å². The van der Waals surface area contributed by atoms with Crippen LogP contribution in [0.4, 0.5) is 4.39 Å². The van der Waals surface area contributed by atoms with Crippen LogP contribution in [0.5, 0.6) is 5.75 Å². The van der Waals surface area contributed by atoms with E-state index in [4.69, 9.17) is 4.74 Å². The lowest BCUT2D eigenvalue weighted by molar-refractivity contribution is 0.0346. The maximum atomic E-state index is 12.8. The van der Waals surface area contributed by atoms with Crippen LogP contribution in [0, 0.1) is 5.82 Å². The van der Waals surface area contributed by atoms with Gasteiger partial charge in [-0.3, -0.25) is 4.90 Å². The van der Waals surface area contributed by atoms with Gasteiger partial charge in [-0.15, -0.1) is 0 Å². The third-order valence-corrected chi connectivity index (χ3v) is 3.44. The van der Waals surface area contributed by atoms with Gasteiger partial charge in [-0.2, -0.15) is 0 Å². The highest BCUT2D eigenvalue weighted by atomic mass is 19.1. The van der Waals surface area contributed by atoms with Gasteiger partial charge in [0.1, 0.15) is 17.7 Å². The standard InChI is InChI=1S/C15H22FNO/c1-15(2,3)17-10-4-5-14(11-17)18-13-8-6-12(16)7-9-13/h6-9,14H,4-5,10-11H2,1-3H3. The van der Waals surface area contributed by atoms with Crippen LogP contribution in [0.3, 0.4) is 0 Å². The molecule has 0 aliphatic carbocycles. The molecule has 3 heteroatoms. The van der Waals surface area contributed by atoms with Gasteiger partial charge in [-0.05, 0) is 64.4 Å². The Kier molecular flexibility index (Phi) is 3.91. The van der Waals surface area contributed by atoms with Crippen LogP contribution in [-0.4, -0.2) is 29.6 Å². The van der Waals surface area contributed by atoms with Gasteiger partial charge in [-0.25, -0.2) is 4.39 Å². The average molecular weight is 251 g/mol. The smallest absolute Gasteiger partial charge is 0.123 e. The van der Waals surface area contributed by atoms with E-state index < -0.39 is 0 Å². The molecule has 0 spiro atoms. The molecule has 0 bridgehead atoms. The van der Waals surface area contributed by atoms with Crippen molar-refractivity contribution in [1.82, 2.24) is 4.90 Å². The van der Waals surface area contributed by atoms with E-state index in [1.54, 1.807) is 12.1 Å². The molecular weight excluding hydrogens is 229 g/mol. The highest BCUT2D eigenvalue weighted by molar-refractivity contribution is 5.22. The molecule has 1 heterocycles. The first kappa shape index (κ1) is 13.3. The second-order valence-corrected chi connectivity index (χ2v) is 5.95. The fourth-order valence-corrected chi connectivity index (χ4v) is 2.35. The van der Waals surface area contributed by atoms with Crippen molar-refractivity contribution in [3.63, 3.8) is 0 Å². The zero-order valence-electron chi connectivity index (χ0n) is 11.4. The van der Waals surface area contributed by atoms with E-state index in [0.717, 1.165) is 31.7 Å². The van der Waals surface area contributed by atoms with Crippen LogP contribution in [0.1, 0.15) is 33.6 Å². The maximum Gasteiger partial charge on any atom is 0.123 e. The molecule has 0 N–H and O–H groups in total. The minimum absolute atomic E-state index is 0.185. The summed E-state index contributed by atoms with van der Waals surface area (Å²) in [5.41, 5.74) is 0.185. The van der Waals surface area contributed by atoms with E-state index in [1.165, 1.54) is 12.1 Å². The van der Waals surface area contributed by atoms with E-state index in [9.17, 15) is 4.39 Å². The summed E-state index contributed by atoms with van der Waals surface area (Å²) in [6.45, 7) is 8.77. The topological polar surface area (TPSA) is 12.5 Å². The Morgan fingerprint density at radius 2 is 1.89 bits per heavy atom. The number of halogens is 1. The lowest BCUT2D eigenvalue weighted by Crippen LogP contribution is -2.50. The minimum atomic E-state index is -0.220. The predicted molar refractivity (Wildman–Crippen MR) is 71.4 cm³/mol. The van der Waals surface area contributed by atoms with Crippen LogP contribution in [0.15, 0.2) is 24.3 Å². The SMILES string of the molecule is CC(C)(C)N1CCCC(Oc2ccc(F)cc2)C1. The molecule has 1 aliphatic heterocycles. The first-order valence-electron chi connectivity index (χ1n) is 6.62. The summed E-state index contributed by atoms with van der Waals surface area (Å²) in [5.74, 6) is 0.541. The largest absolute Gasteiger partial charge is 0.489 e. The predicted octanol–water partition coefficient (Wildman–Crippen LogP) is 3.47. The molecule has 1 aromatic rings. The summed E-state index contributed by atoms with van der Waals surface area (Å²) in [6, 6.07) is 6.29. The van der Waals surface area contributed by atoms with E-state index in [2.05, 4.69) is 25.7 Å². The third-order valence-electron chi connectivity index (χ3n) is 3.44. The molecule has 1 atom stereocenters. The lowest BCUT2D eigenvalue weighted by Gasteiger charge is -2.41. The maximum absolute atomic E-state index is 12.8. The molecule has 1 aliphatic rings. The highest BCUT2D eigenvalue weighted by Crippen LogP contribution is 2.23. The molecular formula is C15H22FNO. The quantitative estimate of drug-likeness (QED) is 0.798. The molecule has 0 amide bonds. The van der Waals surface area contributed by atoms with E-state index in [0.29, 0.717) is 0 Å². The molecule has 1 unspecified atom stereocenters. The molecule has 1 fully saturated rings. The lowest BCUT2D eigenvalue weighted by atomic mass is 9.99. The molecule has 100 valence electrons. The summed E-state index contributed by atoms with van der Waals surface area (Å²) in [7, 11) is 0. The zero-order valence-corrected chi connectivity index (χ0v) is 11.4. The summed E-state index contributed by atoms with van der Waals surface area (Å²) in [5, 5.41) is 0. The number of rotatable bonds is 2. The van der Waals surface area contributed by atoms with Gasteiger partial charge in [0.2, 0.25) is 0 Å². The number of piperidine rings is 1. The Hall–Kier alpha value is -1.09.